The van der Waals surface area contributed by atoms with Crippen LogP contribution < -0.4 is 0 Å². The van der Waals surface area contributed by atoms with Crippen molar-refractivity contribution in [2.45, 2.75) is 4.83 Å². The van der Waals surface area contributed by atoms with Crippen LogP contribution in [-0.2, 0) is 0 Å². The van der Waals surface area contributed by atoms with Crippen LogP contribution in [0.4, 0.5) is 22.0 Å². The Morgan fingerprint density at radius 3 is 1.85 bits per heavy atom. The Morgan fingerprint density at radius 1 is 0.750 bits per heavy atom. The van der Waals surface area contributed by atoms with Gasteiger partial charge in [-0.05, 0) is 45.8 Å². The van der Waals surface area contributed by atoms with Gasteiger partial charge in [-0.2, -0.15) is 0 Å². The smallest absolute Gasteiger partial charge is 0.194 e. The second-order valence-corrected chi connectivity index (χ2v) is 5.72. The van der Waals surface area contributed by atoms with E-state index in [1.807, 2.05) is 0 Å². The highest BCUT2D eigenvalue weighted by Crippen LogP contribution is 2.35. The molecule has 0 aliphatic rings. The quantitative estimate of drug-likeness (QED) is 0.258. The SMILES string of the molecule is Fc1cc(C(Br)c2cc(F)c(F)c(F)c2)c(F)cc1Br. The lowest BCUT2D eigenvalue weighted by Gasteiger charge is -2.13. The molecule has 1 atom stereocenters. The summed E-state index contributed by atoms with van der Waals surface area (Å²) in [4.78, 5) is -1.02. The largest absolute Gasteiger partial charge is 0.207 e. The molecule has 2 aromatic rings. The van der Waals surface area contributed by atoms with Gasteiger partial charge in [0.25, 0.3) is 0 Å². The normalized spacial score (nSPS) is 12.6. The maximum Gasteiger partial charge on any atom is 0.194 e. The molecule has 0 saturated carbocycles. The van der Waals surface area contributed by atoms with E-state index in [-0.39, 0.29) is 15.6 Å². The van der Waals surface area contributed by atoms with Crippen molar-refractivity contribution in [1.82, 2.24) is 0 Å². The lowest BCUT2D eigenvalue weighted by molar-refractivity contribution is 0.445. The van der Waals surface area contributed by atoms with Crippen molar-refractivity contribution in [2.75, 3.05) is 0 Å². The van der Waals surface area contributed by atoms with Crippen molar-refractivity contribution in [3.63, 3.8) is 0 Å². The zero-order chi connectivity index (χ0) is 15.0. The standard InChI is InChI=1S/C13H5Br2F5/c14-7-4-8(16)6(3-9(7)17)12(15)5-1-10(18)13(20)11(19)2-5/h1-4,12H. The third kappa shape index (κ3) is 2.88. The Morgan fingerprint density at radius 2 is 1.30 bits per heavy atom. The number of benzene rings is 2. The predicted molar refractivity (Wildman–Crippen MR) is 71.1 cm³/mol. The predicted octanol–water partition coefficient (Wildman–Crippen LogP) is 5.63. The monoisotopic (exact) mass is 414 g/mol. The summed E-state index contributed by atoms with van der Waals surface area (Å²) in [5.41, 5.74) is -0.224. The minimum atomic E-state index is -1.61. The van der Waals surface area contributed by atoms with Gasteiger partial charge in [-0.1, -0.05) is 15.9 Å². The molecule has 1 unspecified atom stereocenters. The minimum Gasteiger partial charge on any atom is -0.207 e. The van der Waals surface area contributed by atoms with Crippen LogP contribution in [0.15, 0.2) is 28.7 Å². The highest BCUT2D eigenvalue weighted by Gasteiger charge is 2.21. The van der Waals surface area contributed by atoms with Gasteiger partial charge in [0, 0.05) is 5.56 Å². The average Bonchev–Trinajstić information content (AvgIpc) is 2.38. The summed E-state index contributed by atoms with van der Waals surface area (Å²) >= 11 is 5.84. The van der Waals surface area contributed by atoms with Gasteiger partial charge in [-0.15, -0.1) is 0 Å². The number of hydrogen-bond acceptors (Lipinski definition) is 0. The van der Waals surface area contributed by atoms with E-state index in [0.717, 1.165) is 24.3 Å². The van der Waals surface area contributed by atoms with Crippen LogP contribution in [0, 0.1) is 29.1 Å². The van der Waals surface area contributed by atoms with Gasteiger partial charge in [-0.3, -0.25) is 0 Å². The fourth-order valence-corrected chi connectivity index (χ4v) is 2.56. The number of halogens is 7. The Bertz CT molecular complexity index is 649. The van der Waals surface area contributed by atoms with Gasteiger partial charge < -0.3 is 0 Å². The maximum atomic E-state index is 13.8. The highest BCUT2D eigenvalue weighted by molar-refractivity contribution is 9.10. The third-order valence-corrected chi connectivity index (χ3v) is 4.24. The molecule has 2 rings (SSSR count). The zero-order valence-corrected chi connectivity index (χ0v) is 12.7. The van der Waals surface area contributed by atoms with Gasteiger partial charge >= 0.3 is 0 Å². The lowest BCUT2D eigenvalue weighted by atomic mass is 10.0. The fraction of sp³-hybridized carbons (Fsp3) is 0.0769. The van der Waals surface area contributed by atoms with Crippen molar-refractivity contribution >= 4 is 31.9 Å². The van der Waals surface area contributed by atoms with Gasteiger partial charge in [-0.25, -0.2) is 22.0 Å². The van der Waals surface area contributed by atoms with Crippen LogP contribution in [0.3, 0.4) is 0 Å². The molecule has 0 heterocycles. The first-order chi connectivity index (χ1) is 9.31. The van der Waals surface area contributed by atoms with E-state index < -0.39 is 33.9 Å². The Labute approximate surface area is 127 Å². The summed E-state index contributed by atoms with van der Waals surface area (Å²) in [7, 11) is 0. The van der Waals surface area contributed by atoms with E-state index in [1.165, 1.54) is 0 Å². The molecular formula is C13H5Br2F5. The molecule has 0 fully saturated rings. The van der Waals surface area contributed by atoms with Crippen molar-refractivity contribution in [1.29, 1.82) is 0 Å². The van der Waals surface area contributed by atoms with E-state index in [2.05, 4.69) is 31.9 Å². The van der Waals surface area contributed by atoms with Crippen molar-refractivity contribution in [3.05, 3.63) is 69.0 Å². The summed E-state index contributed by atoms with van der Waals surface area (Å²) in [5.74, 6) is -5.92. The Kier molecular flexibility index (Phi) is 4.49. The lowest BCUT2D eigenvalue weighted by Crippen LogP contribution is -2.01. The molecular weight excluding hydrogens is 411 g/mol. The zero-order valence-electron chi connectivity index (χ0n) is 9.53. The summed E-state index contributed by atoms with van der Waals surface area (Å²) in [6, 6.07) is 3.22. The van der Waals surface area contributed by atoms with E-state index >= 15 is 0 Å². The topological polar surface area (TPSA) is 0 Å². The third-order valence-electron chi connectivity index (χ3n) is 2.61. The molecule has 0 aromatic heterocycles. The van der Waals surface area contributed by atoms with Crippen molar-refractivity contribution in [3.8, 4) is 0 Å². The second-order valence-electron chi connectivity index (χ2n) is 3.95. The maximum absolute atomic E-state index is 13.8. The van der Waals surface area contributed by atoms with E-state index in [4.69, 9.17) is 0 Å². The number of hydrogen-bond donors (Lipinski definition) is 0. The molecule has 2 aromatic carbocycles. The minimum absolute atomic E-state index is 0.0676. The molecule has 0 radical (unpaired) electrons. The number of alkyl halides is 1. The summed E-state index contributed by atoms with van der Waals surface area (Å²) in [6.07, 6.45) is 0. The van der Waals surface area contributed by atoms with Crippen LogP contribution in [0.1, 0.15) is 16.0 Å². The van der Waals surface area contributed by atoms with Crippen LogP contribution >= 0.6 is 31.9 Å². The average molecular weight is 416 g/mol. The Balaban J connectivity index is 2.51. The second kappa shape index (κ2) is 5.81. The molecule has 0 aliphatic carbocycles. The van der Waals surface area contributed by atoms with E-state index in [1.54, 1.807) is 0 Å². The van der Waals surface area contributed by atoms with E-state index in [9.17, 15) is 22.0 Å². The highest BCUT2D eigenvalue weighted by atomic mass is 79.9. The first-order valence-electron chi connectivity index (χ1n) is 5.24. The summed E-state index contributed by atoms with van der Waals surface area (Å²) in [6.45, 7) is 0. The summed E-state index contributed by atoms with van der Waals surface area (Å²) in [5, 5.41) is 0. The van der Waals surface area contributed by atoms with Crippen molar-refractivity contribution in [2.24, 2.45) is 0 Å². The molecule has 0 aliphatic heterocycles. The molecule has 0 bridgehead atoms. The van der Waals surface area contributed by atoms with Gasteiger partial charge in [0.2, 0.25) is 0 Å². The number of rotatable bonds is 2. The van der Waals surface area contributed by atoms with Gasteiger partial charge in [0.1, 0.15) is 11.6 Å². The first kappa shape index (κ1) is 15.4. The van der Waals surface area contributed by atoms with Crippen molar-refractivity contribution < 1.29 is 22.0 Å². The van der Waals surface area contributed by atoms with Gasteiger partial charge in [0.05, 0.1) is 9.30 Å². The Hall–Kier alpha value is -0.950. The van der Waals surface area contributed by atoms with Crippen LogP contribution in [0.5, 0.6) is 0 Å². The molecule has 20 heavy (non-hydrogen) atoms. The molecule has 0 spiro atoms. The first-order valence-corrected chi connectivity index (χ1v) is 6.95. The molecule has 7 heteroatoms. The molecule has 0 nitrogen and oxygen atoms in total. The molecule has 0 amide bonds. The van der Waals surface area contributed by atoms with Gasteiger partial charge in [0.15, 0.2) is 17.5 Å². The summed E-state index contributed by atoms with van der Waals surface area (Å²) < 4.78 is 66.3. The molecule has 0 saturated heterocycles. The van der Waals surface area contributed by atoms with E-state index in [0.29, 0.717) is 0 Å². The molecule has 106 valence electrons. The fourth-order valence-electron chi connectivity index (χ4n) is 1.63. The van der Waals surface area contributed by atoms with Crippen LogP contribution in [0.25, 0.3) is 0 Å². The van der Waals surface area contributed by atoms with Crippen LogP contribution in [0.2, 0.25) is 0 Å². The molecule has 0 N–H and O–H groups in total. The van der Waals surface area contributed by atoms with Crippen LogP contribution in [-0.4, -0.2) is 0 Å².